The van der Waals surface area contributed by atoms with Gasteiger partial charge in [-0.3, -0.25) is 0 Å². The van der Waals surface area contributed by atoms with Crippen molar-refractivity contribution in [2.24, 2.45) is 0 Å². The maximum Gasteiger partial charge on any atom is 0.225 e. The maximum atomic E-state index is 4.67. The Bertz CT molecular complexity index is 376. The van der Waals surface area contributed by atoms with E-state index in [1.165, 1.54) is 5.56 Å². The van der Waals surface area contributed by atoms with E-state index < -0.39 is 0 Å². The fourth-order valence-corrected chi connectivity index (χ4v) is 2.02. The quantitative estimate of drug-likeness (QED) is 0.733. The summed E-state index contributed by atoms with van der Waals surface area (Å²) in [4.78, 5) is 11.5. The molecule has 0 bridgehead atoms. The lowest BCUT2D eigenvalue weighted by molar-refractivity contribution is 0.642. The molecule has 0 fully saturated rings. The van der Waals surface area contributed by atoms with Crippen LogP contribution in [0, 0.1) is 6.92 Å². The highest BCUT2D eigenvalue weighted by molar-refractivity contribution is 5.33. The molecule has 1 heterocycles. The summed E-state index contributed by atoms with van der Waals surface area (Å²) >= 11 is 0. The van der Waals surface area contributed by atoms with E-state index in [0.29, 0.717) is 6.04 Å². The first-order valence-electron chi connectivity index (χ1n) is 7.40. The van der Waals surface area contributed by atoms with Gasteiger partial charge in [0, 0.05) is 36.6 Å². The summed E-state index contributed by atoms with van der Waals surface area (Å²) in [5, 5.41) is 3.40. The largest absolute Gasteiger partial charge is 0.338 e. The van der Waals surface area contributed by atoms with E-state index in [-0.39, 0.29) is 0 Å². The fraction of sp³-hybridized carbons (Fsp3) is 0.733. The minimum absolute atomic E-state index is 0.434. The third-order valence-electron chi connectivity index (χ3n) is 3.16. The van der Waals surface area contributed by atoms with E-state index in [1.807, 2.05) is 6.20 Å². The first-order chi connectivity index (χ1) is 9.10. The van der Waals surface area contributed by atoms with Gasteiger partial charge < -0.3 is 10.2 Å². The van der Waals surface area contributed by atoms with Crippen LogP contribution in [-0.2, 0) is 6.54 Å². The number of aryl methyl sites for hydroxylation is 1. The van der Waals surface area contributed by atoms with Crippen molar-refractivity contribution in [2.45, 2.75) is 60.0 Å². The molecule has 1 aromatic heterocycles. The van der Waals surface area contributed by atoms with Crippen LogP contribution in [0.1, 0.15) is 51.8 Å². The Kier molecular flexibility index (Phi) is 6.78. The first-order valence-corrected chi connectivity index (χ1v) is 7.40. The molecule has 0 atom stereocenters. The highest BCUT2D eigenvalue weighted by Gasteiger charge is 2.13. The van der Waals surface area contributed by atoms with Gasteiger partial charge in [-0.15, -0.1) is 0 Å². The average molecular weight is 264 g/mol. The summed E-state index contributed by atoms with van der Waals surface area (Å²) in [6.07, 6.45) is 4.22. The van der Waals surface area contributed by atoms with Crippen molar-refractivity contribution in [3.63, 3.8) is 0 Å². The van der Waals surface area contributed by atoms with Crippen LogP contribution in [0.15, 0.2) is 6.20 Å². The predicted molar refractivity (Wildman–Crippen MR) is 81.5 cm³/mol. The van der Waals surface area contributed by atoms with E-state index >= 15 is 0 Å². The molecule has 0 saturated heterocycles. The van der Waals surface area contributed by atoms with Crippen LogP contribution in [0.25, 0.3) is 0 Å². The van der Waals surface area contributed by atoms with Gasteiger partial charge in [0.2, 0.25) is 5.95 Å². The molecule has 0 unspecified atom stereocenters. The smallest absolute Gasteiger partial charge is 0.225 e. The Morgan fingerprint density at radius 3 is 2.53 bits per heavy atom. The zero-order chi connectivity index (χ0) is 14.3. The van der Waals surface area contributed by atoms with E-state index in [0.717, 1.165) is 44.1 Å². The van der Waals surface area contributed by atoms with Gasteiger partial charge in [-0.05, 0) is 40.2 Å². The standard InChI is InChI=1S/C15H28N4/c1-6-8-16-10-14-11-17-15(18-13(14)5)19(9-7-2)12(3)4/h11-12,16H,6-10H2,1-5H3. The van der Waals surface area contributed by atoms with E-state index in [2.05, 4.69) is 54.8 Å². The summed E-state index contributed by atoms with van der Waals surface area (Å²) < 4.78 is 0. The molecule has 0 aromatic carbocycles. The minimum Gasteiger partial charge on any atom is -0.338 e. The molecule has 108 valence electrons. The van der Waals surface area contributed by atoms with E-state index in [9.17, 15) is 0 Å². The lowest BCUT2D eigenvalue weighted by Gasteiger charge is -2.26. The van der Waals surface area contributed by atoms with Crippen LogP contribution in [0.5, 0.6) is 0 Å². The third-order valence-corrected chi connectivity index (χ3v) is 3.16. The highest BCUT2D eigenvalue weighted by Crippen LogP contribution is 2.14. The number of aromatic nitrogens is 2. The molecule has 4 heteroatoms. The van der Waals surface area contributed by atoms with Gasteiger partial charge in [0.15, 0.2) is 0 Å². The van der Waals surface area contributed by atoms with Crippen LogP contribution < -0.4 is 10.2 Å². The predicted octanol–water partition coefficient (Wildman–Crippen LogP) is 2.91. The summed E-state index contributed by atoms with van der Waals surface area (Å²) in [6.45, 7) is 13.7. The summed E-state index contributed by atoms with van der Waals surface area (Å²) in [5.41, 5.74) is 2.27. The van der Waals surface area contributed by atoms with E-state index in [1.54, 1.807) is 0 Å². The van der Waals surface area contributed by atoms with Gasteiger partial charge >= 0.3 is 0 Å². The Labute approximate surface area is 117 Å². The first kappa shape index (κ1) is 15.9. The van der Waals surface area contributed by atoms with Crippen molar-refractivity contribution in [3.8, 4) is 0 Å². The Balaban J connectivity index is 2.79. The lowest BCUT2D eigenvalue weighted by Crippen LogP contribution is -2.33. The SMILES string of the molecule is CCCNCc1cnc(N(CCC)C(C)C)nc1C. The van der Waals surface area contributed by atoms with Crippen molar-refractivity contribution in [1.29, 1.82) is 0 Å². The number of nitrogens with zero attached hydrogens (tertiary/aromatic N) is 3. The molecule has 0 aliphatic carbocycles. The molecule has 4 nitrogen and oxygen atoms in total. The lowest BCUT2D eigenvalue weighted by atomic mass is 10.2. The van der Waals surface area contributed by atoms with Crippen molar-refractivity contribution in [3.05, 3.63) is 17.5 Å². The second-order valence-corrected chi connectivity index (χ2v) is 5.24. The molecule has 19 heavy (non-hydrogen) atoms. The van der Waals surface area contributed by atoms with Gasteiger partial charge in [-0.1, -0.05) is 13.8 Å². The maximum absolute atomic E-state index is 4.67. The van der Waals surface area contributed by atoms with Crippen molar-refractivity contribution < 1.29 is 0 Å². The number of anilines is 1. The summed E-state index contributed by atoms with van der Waals surface area (Å²) in [7, 11) is 0. The molecule has 0 aliphatic heterocycles. The van der Waals surface area contributed by atoms with Crippen molar-refractivity contribution in [2.75, 3.05) is 18.0 Å². The fourth-order valence-electron chi connectivity index (χ4n) is 2.02. The third kappa shape index (κ3) is 4.78. The Morgan fingerprint density at radius 2 is 2.00 bits per heavy atom. The number of nitrogens with one attached hydrogen (secondary N) is 1. The van der Waals surface area contributed by atoms with Crippen LogP contribution in [-0.4, -0.2) is 29.1 Å². The second kappa shape index (κ2) is 8.10. The second-order valence-electron chi connectivity index (χ2n) is 5.24. The molecular weight excluding hydrogens is 236 g/mol. The van der Waals surface area contributed by atoms with Gasteiger partial charge in [-0.2, -0.15) is 0 Å². The molecule has 1 aromatic rings. The highest BCUT2D eigenvalue weighted by atomic mass is 15.3. The number of rotatable bonds is 8. The number of hydrogen-bond acceptors (Lipinski definition) is 4. The van der Waals surface area contributed by atoms with Crippen LogP contribution in [0.2, 0.25) is 0 Å². The van der Waals surface area contributed by atoms with Gasteiger partial charge in [0.1, 0.15) is 0 Å². The van der Waals surface area contributed by atoms with E-state index in [4.69, 9.17) is 0 Å². The van der Waals surface area contributed by atoms with Crippen LogP contribution in [0.4, 0.5) is 5.95 Å². The molecule has 0 amide bonds. The van der Waals surface area contributed by atoms with Crippen LogP contribution in [0.3, 0.4) is 0 Å². The zero-order valence-corrected chi connectivity index (χ0v) is 13.0. The van der Waals surface area contributed by atoms with Crippen molar-refractivity contribution >= 4 is 5.95 Å². The number of hydrogen-bond donors (Lipinski definition) is 1. The minimum atomic E-state index is 0.434. The summed E-state index contributed by atoms with van der Waals surface area (Å²) in [5.74, 6) is 0.855. The summed E-state index contributed by atoms with van der Waals surface area (Å²) in [6, 6.07) is 0.434. The average Bonchev–Trinajstić information content (AvgIpc) is 2.37. The monoisotopic (exact) mass is 264 g/mol. The van der Waals surface area contributed by atoms with Crippen LogP contribution >= 0.6 is 0 Å². The Hall–Kier alpha value is -1.16. The molecular formula is C15H28N4. The van der Waals surface area contributed by atoms with Gasteiger partial charge in [0.05, 0.1) is 0 Å². The molecule has 1 N–H and O–H groups in total. The molecule has 0 aliphatic rings. The van der Waals surface area contributed by atoms with Crippen molar-refractivity contribution in [1.82, 2.24) is 15.3 Å². The molecule has 1 rings (SSSR count). The molecule has 0 saturated carbocycles. The van der Waals surface area contributed by atoms with Gasteiger partial charge in [0.25, 0.3) is 0 Å². The topological polar surface area (TPSA) is 41.1 Å². The van der Waals surface area contributed by atoms with Gasteiger partial charge in [-0.25, -0.2) is 9.97 Å². The zero-order valence-electron chi connectivity index (χ0n) is 13.0. The normalized spacial score (nSPS) is 11.1. The molecule has 0 spiro atoms. The molecule has 0 radical (unpaired) electrons. The Morgan fingerprint density at radius 1 is 1.26 bits per heavy atom.